The van der Waals surface area contributed by atoms with E-state index in [2.05, 4.69) is 15.6 Å². The van der Waals surface area contributed by atoms with Crippen LogP contribution in [0.15, 0.2) is 76.0 Å². The molecule has 0 aliphatic carbocycles. The molecule has 11 heteroatoms. The normalized spacial score (nSPS) is 14.3. The Morgan fingerprint density at radius 2 is 1.94 bits per heavy atom. The van der Waals surface area contributed by atoms with Crippen molar-refractivity contribution in [1.29, 1.82) is 0 Å². The maximum Gasteiger partial charge on any atom is 0.305 e. The van der Waals surface area contributed by atoms with Gasteiger partial charge in [-0.25, -0.2) is 4.99 Å². The Balaban J connectivity index is 1.52. The number of para-hydroxylation sites is 1. The summed E-state index contributed by atoms with van der Waals surface area (Å²) in [5.74, 6) is 0.367. The van der Waals surface area contributed by atoms with Crippen LogP contribution in [0.4, 0.5) is 11.6 Å². The highest BCUT2D eigenvalue weighted by molar-refractivity contribution is 8.14. The Kier molecular flexibility index (Phi) is 6.93. The van der Waals surface area contributed by atoms with Gasteiger partial charge in [-0.15, -0.1) is 0 Å². The molecular formula is C23H23N6O4S+. The summed E-state index contributed by atoms with van der Waals surface area (Å²) < 4.78 is 10.3. The van der Waals surface area contributed by atoms with Crippen molar-refractivity contribution in [3.63, 3.8) is 0 Å². The molecule has 1 aromatic heterocycles. The average molecular weight is 480 g/mol. The molecule has 0 bridgehead atoms. The molecule has 4 rings (SSSR count). The maximum atomic E-state index is 13.2. The molecule has 0 spiro atoms. The molecule has 3 aromatic rings. The molecule has 0 saturated heterocycles. The van der Waals surface area contributed by atoms with E-state index in [4.69, 9.17) is 9.26 Å². The molecule has 2 heterocycles. The smallest absolute Gasteiger partial charge is 0.305 e. The maximum absolute atomic E-state index is 13.2. The summed E-state index contributed by atoms with van der Waals surface area (Å²) in [6.45, 7) is 0. The predicted molar refractivity (Wildman–Crippen MR) is 130 cm³/mol. The zero-order valence-electron chi connectivity index (χ0n) is 18.8. The first-order chi connectivity index (χ1) is 16.4. The molecule has 0 unspecified atom stereocenters. The first-order valence-electron chi connectivity index (χ1n) is 10.3. The van der Waals surface area contributed by atoms with E-state index in [0.717, 1.165) is 23.1 Å². The van der Waals surface area contributed by atoms with Crippen molar-refractivity contribution in [3.05, 3.63) is 72.1 Å². The van der Waals surface area contributed by atoms with E-state index >= 15 is 0 Å². The average Bonchev–Trinajstić information content (AvgIpc) is 3.43. The van der Waals surface area contributed by atoms with Gasteiger partial charge in [-0.1, -0.05) is 42.1 Å². The molecular weight excluding hydrogens is 456 g/mol. The molecule has 1 aliphatic rings. The highest BCUT2D eigenvalue weighted by Crippen LogP contribution is 2.29. The molecule has 34 heavy (non-hydrogen) atoms. The molecule has 1 aliphatic heterocycles. The Bertz CT molecular complexity index is 1240. The van der Waals surface area contributed by atoms with E-state index < -0.39 is 0 Å². The van der Waals surface area contributed by atoms with Gasteiger partial charge in [0.15, 0.2) is 5.17 Å². The minimum Gasteiger partial charge on any atom is -0.497 e. The number of aliphatic imine (C=N–C) groups is 1. The van der Waals surface area contributed by atoms with Crippen LogP contribution in [0, 0.1) is 0 Å². The fourth-order valence-electron chi connectivity index (χ4n) is 3.04. The Morgan fingerprint density at radius 1 is 1.21 bits per heavy atom. The summed E-state index contributed by atoms with van der Waals surface area (Å²) in [5.41, 5.74) is 1.75. The van der Waals surface area contributed by atoms with Crippen molar-refractivity contribution >= 4 is 46.4 Å². The number of amides is 2. The number of anilines is 2. The lowest BCUT2D eigenvalue weighted by molar-refractivity contribution is -0.753. The Labute approximate surface area is 200 Å². The van der Waals surface area contributed by atoms with Crippen molar-refractivity contribution < 1.29 is 23.6 Å². The lowest BCUT2D eigenvalue weighted by Gasteiger charge is -2.17. The number of methoxy groups -OCH3 is 1. The summed E-state index contributed by atoms with van der Waals surface area (Å²) in [6.07, 6.45) is 3.25. The second kappa shape index (κ2) is 10.2. The molecule has 10 nitrogen and oxygen atoms in total. The number of carbonyl (C=O) groups excluding carboxylic acids is 2. The van der Waals surface area contributed by atoms with Crippen molar-refractivity contribution in [3.8, 4) is 5.75 Å². The fourth-order valence-corrected chi connectivity index (χ4v) is 3.85. The molecule has 0 radical (unpaired) electrons. The van der Waals surface area contributed by atoms with Crippen LogP contribution >= 0.6 is 11.8 Å². The fraction of sp³-hybridized carbons (Fsp3) is 0.174. The van der Waals surface area contributed by atoms with Crippen molar-refractivity contribution in [2.45, 2.75) is 0 Å². The van der Waals surface area contributed by atoms with Gasteiger partial charge >= 0.3 is 5.88 Å². The third kappa shape index (κ3) is 5.26. The zero-order valence-corrected chi connectivity index (χ0v) is 19.7. The first kappa shape index (κ1) is 23.1. The quantitative estimate of drug-likeness (QED) is 0.410. The summed E-state index contributed by atoms with van der Waals surface area (Å²) >= 11 is 1.15. The van der Waals surface area contributed by atoms with Gasteiger partial charge in [0.1, 0.15) is 11.4 Å². The largest absolute Gasteiger partial charge is 0.497 e. The van der Waals surface area contributed by atoms with Gasteiger partial charge < -0.3 is 4.74 Å². The lowest BCUT2D eigenvalue weighted by atomic mass is 10.2. The molecule has 0 fully saturated rings. The SMILES string of the molecule is COc1ccc(/C=C2/N=C(SCC(=O)Nc3c[n+](N(C)C)no3)N(c3ccccc3)C2=O)cc1. The zero-order chi connectivity index (χ0) is 24.1. The van der Waals surface area contributed by atoms with Gasteiger partial charge in [-0.3, -0.25) is 24.3 Å². The molecule has 174 valence electrons. The number of hydrogen-bond donors (Lipinski definition) is 1. The molecule has 2 aromatic carbocycles. The number of aromatic nitrogens is 2. The lowest BCUT2D eigenvalue weighted by Crippen LogP contribution is -2.53. The van der Waals surface area contributed by atoms with Gasteiger partial charge in [0.25, 0.3) is 12.1 Å². The van der Waals surface area contributed by atoms with Crippen molar-refractivity contribution in [1.82, 2.24) is 5.27 Å². The summed E-state index contributed by atoms with van der Waals surface area (Å²) in [4.78, 5) is 33.2. The van der Waals surface area contributed by atoms with E-state index in [1.54, 1.807) is 38.5 Å². The van der Waals surface area contributed by atoms with Crippen LogP contribution in [-0.4, -0.2) is 49.2 Å². The highest BCUT2D eigenvalue weighted by atomic mass is 32.2. The van der Waals surface area contributed by atoms with Gasteiger partial charge in [-0.2, -0.15) is 5.01 Å². The van der Waals surface area contributed by atoms with Crippen LogP contribution in [0.5, 0.6) is 5.75 Å². The Hall–Kier alpha value is -4.12. The number of nitrogens with zero attached hydrogens (tertiary/aromatic N) is 5. The summed E-state index contributed by atoms with van der Waals surface area (Å²) in [5, 5.41) is 8.52. The molecule has 1 N–H and O–H groups in total. The third-order valence-corrected chi connectivity index (χ3v) is 5.66. The molecule has 0 saturated carbocycles. The monoisotopic (exact) mass is 479 g/mol. The van der Waals surface area contributed by atoms with Gasteiger partial charge in [0.2, 0.25) is 11.2 Å². The minimum atomic E-state index is -0.317. The third-order valence-electron chi connectivity index (χ3n) is 4.72. The number of rotatable bonds is 7. The van der Waals surface area contributed by atoms with Crippen LogP contribution in [-0.2, 0) is 9.59 Å². The second-order valence-corrected chi connectivity index (χ2v) is 8.29. The summed E-state index contributed by atoms with van der Waals surface area (Å²) in [7, 11) is 5.17. The molecule has 2 amide bonds. The molecule has 0 atom stereocenters. The first-order valence-corrected chi connectivity index (χ1v) is 11.3. The number of benzene rings is 2. The van der Waals surface area contributed by atoms with Crippen LogP contribution in [0.1, 0.15) is 5.56 Å². The number of hydrogen-bond acceptors (Lipinski definition) is 8. The predicted octanol–water partition coefficient (Wildman–Crippen LogP) is 2.28. The van der Waals surface area contributed by atoms with Crippen LogP contribution in [0.25, 0.3) is 6.08 Å². The number of ether oxygens (including phenoxy) is 1. The topological polar surface area (TPSA) is 104 Å². The number of thioether (sulfide) groups is 1. The highest BCUT2D eigenvalue weighted by Gasteiger charge is 2.32. The van der Waals surface area contributed by atoms with E-state index in [9.17, 15) is 9.59 Å². The van der Waals surface area contributed by atoms with Crippen LogP contribution < -0.4 is 24.8 Å². The van der Waals surface area contributed by atoms with Gasteiger partial charge in [0.05, 0.1) is 37.4 Å². The minimum absolute atomic E-state index is 0.0218. The van der Waals surface area contributed by atoms with E-state index in [1.807, 2.05) is 54.6 Å². The van der Waals surface area contributed by atoms with Gasteiger partial charge in [-0.05, 0) is 35.9 Å². The Morgan fingerprint density at radius 3 is 2.59 bits per heavy atom. The van der Waals surface area contributed by atoms with Crippen molar-refractivity contribution in [2.24, 2.45) is 4.99 Å². The number of carbonyl (C=O) groups is 2. The number of amidine groups is 1. The van der Waals surface area contributed by atoms with Crippen LogP contribution in [0.3, 0.4) is 0 Å². The van der Waals surface area contributed by atoms with E-state index in [1.165, 1.54) is 9.69 Å². The number of nitrogens with one attached hydrogen (secondary N) is 1. The standard InChI is InChI=1S/C23H22N6O4S/c1-27(2)28-14-21(33-26-28)25-20(30)15-34-23-24-19(13-16-9-11-18(32-3)12-10-16)22(31)29(23)17-7-5-4-6-8-17/h4-14H,15H2,1-3H3/p+1/b19-13+. The van der Waals surface area contributed by atoms with Gasteiger partial charge in [0, 0.05) is 0 Å². The van der Waals surface area contributed by atoms with Crippen LogP contribution in [0.2, 0.25) is 0 Å². The summed E-state index contributed by atoms with van der Waals surface area (Å²) in [6, 6.07) is 16.5. The van der Waals surface area contributed by atoms with E-state index in [0.29, 0.717) is 10.9 Å². The second-order valence-electron chi connectivity index (χ2n) is 7.34. The van der Waals surface area contributed by atoms with E-state index in [-0.39, 0.29) is 29.1 Å². The van der Waals surface area contributed by atoms with Crippen molar-refractivity contribution in [2.75, 3.05) is 42.2 Å².